The number of nitrogens with two attached hydrogens (primary N) is 1. The van der Waals surface area contributed by atoms with Crippen LogP contribution in [0.25, 0.3) is 0 Å². The zero-order valence-corrected chi connectivity index (χ0v) is 10.4. The van der Waals surface area contributed by atoms with Crippen molar-refractivity contribution < 1.29 is 9.53 Å². The topological polar surface area (TPSA) is 64.3 Å². The van der Waals surface area contributed by atoms with Gasteiger partial charge in [0.05, 0.1) is 12.6 Å². The van der Waals surface area contributed by atoms with Crippen molar-refractivity contribution in [3.8, 4) is 0 Å². The third kappa shape index (κ3) is 4.07. The number of alkyl carbamates (subject to hydrolysis) is 1. The third-order valence-electron chi connectivity index (χ3n) is 2.59. The lowest BCUT2D eigenvalue weighted by atomic mass is 10.0. The van der Waals surface area contributed by atoms with Gasteiger partial charge in [-0.3, -0.25) is 0 Å². The van der Waals surface area contributed by atoms with Gasteiger partial charge in [0, 0.05) is 6.54 Å². The van der Waals surface area contributed by atoms with Crippen LogP contribution in [0.4, 0.5) is 4.79 Å². The molecule has 0 saturated heterocycles. The van der Waals surface area contributed by atoms with E-state index in [1.165, 1.54) is 5.56 Å². The molecule has 1 atom stereocenters. The SMILES string of the molecule is CCOC(=O)NC(CN)c1ccc(CC)cc1. The standard InChI is InChI=1S/C13H20N2O2/c1-3-10-5-7-11(8-6-10)12(9-14)15-13(16)17-4-2/h5-8,12H,3-4,9,14H2,1-2H3,(H,15,16). The fourth-order valence-electron chi connectivity index (χ4n) is 1.58. The number of aryl methyl sites for hydroxylation is 1. The van der Waals surface area contributed by atoms with Gasteiger partial charge in [0.1, 0.15) is 0 Å². The second-order valence-electron chi connectivity index (χ2n) is 3.75. The first-order valence-electron chi connectivity index (χ1n) is 5.93. The summed E-state index contributed by atoms with van der Waals surface area (Å²) >= 11 is 0. The molecule has 1 rings (SSSR count). The molecule has 3 N–H and O–H groups in total. The van der Waals surface area contributed by atoms with Gasteiger partial charge in [-0.2, -0.15) is 0 Å². The molecule has 0 aliphatic carbocycles. The Labute approximate surface area is 102 Å². The average molecular weight is 236 g/mol. The maximum atomic E-state index is 11.3. The van der Waals surface area contributed by atoms with Gasteiger partial charge in [-0.1, -0.05) is 31.2 Å². The summed E-state index contributed by atoms with van der Waals surface area (Å²) in [5, 5.41) is 2.74. The van der Waals surface area contributed by atoms with E-state index in [0.29, 0.717) is 13.2 Å². The van der Waals surface area contributed by atoms with Gasteiger partial charge in [-0.25, -0.2) is 4.79 Å². The molecule has 17 heavy (non-hydrogen) atoms. The smallest absolute Gasteiger partial charge is 0.407 e. The lowest BCUT2D eigenvalue weighted by molar-refractivity contribution is 0.148. The zero-order chi connectivity index (χ0) is 12.7. The second kappa shape index (κ2) is 6.91. The Balaban J connectivity index is 2.68. The Hall–Kier alpha value is -1.55. The maximum absolute atomic E-state index is 11.3. The molecule has 4 nitrogen and oxygen atoms in total. The molecule has 0 aromatic heterocycles. The molecule has 1 unspecified atom stereocenters. The van der Waals surface area contributed by atoms with Crippen LogP contribution in [0.15, 0.2) is 24.3 Å². The number of hydrogen-bond donors (Lipinski definition) is 2. The van der Waals surface area contributed by atoms with E-state index in [0.717, 1.165) is 12.0 Å². The van der Waals surface area contributed by atoms with Crippen molar-refractivity contribution in [2.75, 3.05) is 13.2 Å². The van der Waals surface area contributed by atoms with Gasteiger partial charge >= 0.3 is 6.09 Å². The maximum Gasteiger partial charge on any atom is 0.407 e. The van der Waals surface area contributed by atoms with Gasteiger partial charge < -0.3 is 15.8 Å². The van der Waals surface area contributed by atoms with E-state index in [4.69, 9.17) is 10.5 Å². The van der Waals surface area contributed by atoms with Gasteiger partial charge in [0.2, 0.25) is 0 Å². The number of rotatable bonds is 5. The molecule has 0 bridgehead atoms. The van der Waals surface area contributed by atoms with Crippen molar-refractivity contribution >= 4 is 6.09 Å². The Morgan fingerprint density at radius 2 is 2.00 bits per heavy atom. The largest absolute Gasteiger partial charge is 0.450 e. The van der Waals surface area contributed by atoms with Gasteiger partial charge in [0.25, 0.3) is 0 Å². The number of amides is 1. The molecule has 0 aliphatic heterocycles. The summed E-state index contributed by atoms with van der Waals surface area (Å²) in [5.41, 5.74) is 7.91. The first-order chi connectivity index (χ1) is 8.21. The third-order valence-corrected chi connectivity index (χ3v) is 2.59. The fourth-order valence-corrected chi connectivity index (χ4v) is 1.58. The van der Waals surface area contributed by atoms with Gasteiger partial charge in [-0.15, -0.1) is 0 Å². The highest BCUT2D eigenvalue weighted by atomic mass is 16.5. The molecule has 0 radical (unpaired) electrons. The molecule has 1 aromatic rings. The highest BCUT2D eigenvalue weighted by molar-refractivity contribution is 5.67. The lowest BCUT2D eigenvalue weighted by Crippen LogP contribution is -2.33. The van der Waals surface area contributed by atoms with Crippen LogP contribution in [0, 0.1) is 0 Å². The van der Waals surface area contributed by atoms with Gasteiger partial charge in [-0.05, 0) is 24.5 Å². The molecule has 0 saturated carbocycles. The zero-order valence-electron chi connectivity index (χ0n) is 10.4. The van der Waals surface area contributed by atoms with Crippen molar-refractivity contribution in [2.24, 2.45) is 5.73 Å². The molecule has 94 valence electrons. The normalized spacial score (nSPS) is 11.9. The Kier molecular flexibility index (Phi) is 5.49. The van der Waals surface area contributed by atoms with Crippen LogP contribution in [0.3, 0.4) is 0 Å². The van der Waals surface area contributed by atoms with Crippen LogP contribution in [0.2, 0.25) is 0 Å². The van der Waals surface area contributed by atoms with E-state index in [9.17, 15) is 4.79 Å². The minimum absolute atomic E-state index is 0.194. The number of hydrogen-bond acceptors (Lipinski definition) is 3. The number of carbonyl (C=O) groups is 1. The van der Waals surface area contributed by atoms with Crippen molar-refractivity contribution in [2.45, 2.75) is 26.3 Å². The highest BCUT2D eigenvalue weighted by Crippen LogP contribution is 2.13. The molecular weight excluding hydrogens is 216 g/mol. The molecule has 1 aromatic carbocycles. The molecule has 0 fully saturated rings. The van der Waals surface area contributed by atoms with Crippen LogP contribution < -0.4 is 11.1 Å². The van der Waals surface area contributed by atoms with Crippen molar-refractivity contribution in [1.29, 1.82) is 0 Å². The molecule has 0 heterocycles. The summed E-state index contributed by atoms with van der Waals surface area (Å²) in [6, 6.07) is 7.88. The number of nitrogens with one attached hydrogen (secondary N) is 1. The Morgan fingerprint density at radius 1 is 1.35 bits per heavy atom. The van der Waals surface area contributed by atoms with Crippen molar-refractivity contribution in [1.82, 2.24) is 5.32 Å². The number of ether oxygens (including phenoxy) is 1. The molecule has 0 aliphatic rings. The van der Waals surface area contributed by atoms with Crippen LogP contribution >= 0.6 is 0 Å². The second-order valence-corrected chi connectivity index (χ2v) is 3.75. The van der Waals surface area contributed by atoms with Crippen molar-refractivity contribution in [3.63, 3.8) is 0 Å². The van der Waals surface area contributed by atoms with E-state index in [2.05, 4.69) is 12.2 Å². The molecule has 4 heteroatoms. The van der Waals surface area contributed by atoms with E-state index < -0.39 is 6.09 Å². The summed E-state index contributed by atoms with van der Waals surface area (Å²) in [7, 11) is 0. The fraction of sp³-hybridized carbons (Fsp3) is 0.462. The predicted octanol–water partition coefficient (Wildman–Crippen LogP) is 1.99. The summed E-state index contributed by atoms with van der Waals surface area (Å²) in [6.07, 6.45) is 0.571. The van der Waals surface area contributed by atoms with E-state index in [1.807, 2.05) is 24.3 Å². The highest BCUT2D eigenvalue weighted by Gasteiger charge is 2.13. The summed E-state index contributed by atoms with van der Waals surface area (Å²) in [5.74, 6) is 0. The van der Waals surface area contributed by atoms with Crippen LogP contribution in [0.5, 0.6) is 0 Å². The van der Waals surface area contributed by atoms with E-state index in [-0.39, 0.29) is 6.04 Å². The first-order valence-corrected chi connectivity index (χ1v) is 5.93. The Bertz CT molecular complexity index is 349. The van der Waals surface area contributed by atoms with E-state index in [1.54, 1.807) is 6.92 Å². The van der Waals surface area contributed by atoms with Crippen molar-refractivity contribution in [3.05, 3.63) is 35.4 Å². The summed E-state index contributed by atoms with van der Waals surface area (Å²) in [4.78, 5) is 11.3. The molecular formula is C13H20N2O2. The molecule has 1 amide bonds. The van der Waals surface area contributed by atoms with Crippen LogP contribution in [0.1, 0.15) is 31.0 Å². The van der Waals surface area contributed by atoms with E-state index >= 15 is 0 Å². The first kappa shape index (κ1) is 13.5. The average Bonchev–Trinajstić information content (AvgIpc) is 2.36. The van der Waals surface area contributed by atoms with Crippen LogP contribution in [-0.4, -0.2) is 19.2 Å². The quantitative estimate of drug-likeness (QED) is 0.821. The predicted molar refractivity (Wildman–Crippen MR) is 67.8 cm³/mol. The minimum atomic E-state index is -0.428. The van der Waals surface area contributed by atoms with Crippen LogP contribution in [-0.2, 0) is 11.2 Å². The summed E-state index contributed by atoms with van der Waals surface area (Å²) < 4.78 is 4.83. The summed E-state index contributed by atoms with van der Waals surface area (Å²) in [6.45, 7) is 4.58. The lowest BCUT2D eigenvalue weighted by Gasteiger charge is -2.17. The monoisotopic (exact) mass is 236 g/mol. The molecule has 0 spiro atoms. The minimum Gasteiger partial charge on any atom is -0.450 e. The number of benzene rings is 1. The Morgan fingerprint density at radius 3 is 2.47 bits per heavy atom. The number of carbonyl (C=O) groups excluding carboxylic acids is 1. The van der Waals surface area contributed by atoms with Gasteiger partial charge in [0.15, 0.2) is 0 Å².